The third kappa shape index (κ3) is 11.2. The van der Waals surface area contributed by atoms with Gasteiger partial charge in [0.05, 0.1) is 17.9 Å². The number of rotatable bonds is 6. The molecule has 2 aliphatic rings. The fraction of sp³-hybridized carbons (Fsp3) is 0.500. The van der Waals surface area contributed by atoms with E-state index in [1.807, 2.05) is 4.90 Å². The lowest BCUT2D eigenvalue weighted by Gasteiger charge is -2.45. The average Bonchev–Trinajstić information content (AvgIpc) is 2.98. The summed E-state index contributed by atoms with van der Waals surface area (Å²) in [6.07, 6.45) is -9.24. The summed E-state index contributed by atoms with van der Waals surface area (Å²) in [4.78, 5) is 36.3. The smallest absolute Gasteiger partial charge is 0.481 e. The van der Waals surface area contributed by atoms with Crippen LogP contribution in [0.3, 0.4) is 0 Å². The van der Waals surface area contributed by atoms with E-state index in [1.165, 1.54) is 12.4 Å². The Balaban J connectivity index is 0.000000324. The molecule has 0 aromatic heterocycles. The topological polar surface area (TPSA) is 137 Å². The number of alkyl halides is 7. The van der Waals surface area contributed by atoms with Crippen molar-refractivity contribution in [3.8, 4) is 11.5 Å². The number of piperidine rings is 2. The van der Waals surface area contributed by atoms with Crippen LogP contribution in [0.1, 0.15) is 49.8 Å². The number of carbonyl (C=O) groups is 3. The number of nitrogens with zero attached hydrogens (tertiary/aromatic N) is 2. The molecule has 0 spiro atoms. The first-order valence-corrected chi connectivity index (χ1v) is 15.0. The molecule has 0 radical (unpaired) electrons. The molecule has 10 nitrogen and oxygen atoms in total. The summed E-state index contributed by atoms with van der Waals surface area (Å²) >= 11 is 4.64. The first-order valence-electron chi connectivity index (χ1n) is 14.3. The van der Waals surface area contributed by atoms with Gasteiger partial charge in [-0.2, -0.15) is 0 Å². The highest BCUT2D eigenvalue weighted by molar-refractivity contribution is 6.15. The molecule has 3 N–H and O–H groups in total. The Hall–Kier alpha value is -4.06. The molecule has 2 aromatic carbocycles. The first-order chi connectivity index (χ1) is 22.6. The Morgan fingerprint density at radius 3 is 1.76 bits per heavy atom. The van der Waals surface area contributed by atoms with Gasteiger partial charge in [0.2, 0.25) is 0 Å². The number of hydrogen-bond acceptors (Lipinski definition) is 6. The SMILES string of the molecule is CCl.CN1CCC(C(=O)O)CC1(C)c1ccc(OC(F)(F)F)cc1F.O=C(O)C1CCN(C(=O)O)C(c2ccc(OC(F)(F)F)cc2F)C1. The molecule has 2 heterocycles. The van der Waals surface area contributed by atoms with Crippen LogP contribution in [0, 0.1) is 23.5 Å². The van der Waals surface area contributed by atoms with E-state index in [0.717, 1.165) is 23.1 Å². The van der Waals surface area contributed by atoms with Crippen LogP contribution >= 0.6 is 11.6 Å². The average molecular weight is 737 g/mol. The summed E-state index contributed by atoms with van der Waals surface area (Å²) in [5, 5.41) is 27.4. The van der Waals surface area contributed by atoms with Crippen molar-refractivity contribution in [3.05, 3.63) is 59.2 Å². The standard InChI is InChI=1S/C15H17F4NO3.C14H13F4NO5.CH3Cl/c1-14(8-9(13(21)22)5-6-20(14)2)11-4-3-10(7-12(11)16)23-15(17,18)19;15-10-6-8(24-14(16,17)18)1-2-9(10)11-5-7(12(20)21)3-4-19(11)13(22)23;1-2/h3-4,7,9H,5-6,8H2,1-2H3,(H,21,22);1-2,6-7,11H,3-5H2,(H,20,21)(H,22,23);1H3. The van der Waals surface area contributed by atoms with Gasteiger partial charge in [-0.3, -0.25) is 14.5 Å². The van der Waals surface area contributed by atoms with E-state index in [-0.39, 0.29) is 36.9 Å². The Bertz CT molecular complexity index is 1480. The van der Waals surface area contributed by atoms with E-state index in [1.54, 1.807) is 14.0 Å². The molecule has 4 rings (SSSR count). The van der Waals surface area contributed by atoms with Gasteiger partial charge in [0.1, 0.15) is 23.1 Å². The van der Waals surface area contributed by atoms with E-state index < -0.39 is 77.3 Å². The van der Waals surface area contributed by atoms with Gasteiger partial charge in [-0.05, 0) is 58.3 Å². The largest absolute Gasteiger partial charge is 0.573 e. The summed E-state index contributed by atoms with van der Waals surface area (Å²) in [5.41, 5.74) is -0.958. The van der Waals surface area contributed by atoms with Crippen LogP contribution < -0.4 is 9.47 Å². The van der Waals surface area contributed by atoms with Crippen molar-refractivity contribution in [2.75, 3.05) is 26.5 Å². The predicted octanol–water partition coefficient (Wildman–Crippen LogP) is 7.46. The van der Waals surface area contributed by atoms with Crippen molar-refractivity contribution < 1.29 is 74.3 Å². The summed E-state index contributed by atoms with van der Waals surface area (Å²) in [6, 6.07) is 4.15. The quantitative estimate of drug-likeness (QED) is 0.204. The molecule has 2 aliphatic heterocycles. The third-order valence-corrected chi connectivity index (χ3v) is 8.16. The number of benzene rings is 2. The van der Waals surface area contributed by atoms with Crippen LogP contribution in [0.25, 0.3) is 0 Å². The van der Waals surface area contributed by atoms with Crippen molar-refractivity contribution in [1.29, 1.82) is 0 Å². The second kappa shape index (κ2) is 16.6. The van der Waals surface area contributed by atoms with E-state index >= 15 is 0 Å². The van der Waals surface area contributed by atoms with Crippen molar-refractivity contribution in [2.45, 2.75) is 56.9 Å². The monoisotopic (exact) mass is 736 g/mol. The Labute approximate surface area is 279 Å². The first kappa shape index (κ1) is 41.1. The summed E-state index contributed by atoms with van der Waals surface area (Å²) in [6.45, 7) is 2.02. The van der Waals surface area contributed by atoms with E-state index in [0.29, 0.717) is 25.1 Å². The number of likely N-dealkylation sites (tertiary alicyclic amines) is 2. The maximum Gasteiger partial charge on any atom is 0.573 e. The van der Waals surface area contributed by atoms with Crippen LogP contribution in [0.5, 0.6) is 11.5 Å². The summed E-state index contributed by atoms with van der Waals surface area (Å²) in [7, 11) is 1.73. The highest BCUT2D eigenvalue weighted by Gasteiger charge is 2.42. The number of aliphatic carboxylic acids is 2. The third-order valence-electron chi connectivity index (χ3n) is 8.16. The fourth-order valence-electron chi connectivity index (χ4n) is 5.68. The lowest BCUT2D eigenvalue weighted by molar-refractivity contribution is -0.275. The second-order valence-corrected chi connectivity index (χ2v) is 11.2. The van der Waals surface area contributed by atoms with Gasteiger partial charge in [-0.15, -0.1) is 37.9 Å². The maximum absolute atomic E-state index is 14.3. The number of carboxylic acids is 2. The van der Waals surface area contributed by atoms with Crippen LogP contribution in [-0.2, 0) is 15.1 Å². The van der Waals surface area contributed by atoms with Crippen LogP contribution in [-0.4, -0.2) is 82.4 Å². The van der Waals surface area contributed by atoms with Crippen molar-refractivity contribution in [1.82, 2.24) is 9.80 Å². The summed E-state index contributed by atoms with van der Waals surface area (Å²) in [5.74, 6) is -6.96. The van der Waals surface area contributed by atoms with Gasteiger partial charge in [-0.1, -0.05) is 12.1 Å². The molecule has 0 saturated carbocycles. The van der Waals surface area contributed by atoms with Crippen molar-refractivity contribution in [3.63, 3.8) is 0 Å². The Kier molecular flexibility index (Phi) is 13.9. The van der Waals surface area contributed by atoms with E-state index in [9.17, 15) is 59.7 Å². The highest BCUT2D eigenvalue weighted by atomic mass is 35.5. The maximum atomic E-state index is 14.3. The Morgan fingerprint density at radius 1 is 0.816 bits per heavy atom. The zero-order valence-electron chi connectivity index (χ0n) is 26.1. The zero-order valence-corrected chi connectivity index (χ0v) is 26.9. The van der Waals surface area contributed by atoms with Gasteiger partial charge < -0.3 is 29.7 Å². The molecular weight excluding hydrogens is 704 g/mol. The van der Waals surface area contributed by atoms with E-state index in [4.69, 9.17) is 5.11 Å². The Morgan fingerprint density at radius 2 is 1.31 bits per heavy atom. The fourth-order valence-corrected chi connectivity index (χ4v) is 5.68. The number of carboxylic acid groups (broad SMARTS) is 3. The lowest BCUT2D eigenvalue weighted by atomic mass is 9.77. The molecule has 4 atom stereocenters. The molecule has 2 fully saturated rings. The molecule has 19 heteroatoms. The normalized spacial score (nSPS) is 22.9. The van der Waals surface area contributed by atoms with Crippen LogP contribution in [0.2, 0.25) is 0 Å². The number of ether oxygens (including phenoxy) is 2. The highest BCUT2D eigenvalue weighted by Crippen LogP contribution is 2.41. The van der Waals surface area contributed by atoms with Crippen LogP contribution in [0.4, 0.5) is 39.9 Å². The predicted molar refractivity (Wildman–Crippen MR) is 156 cm³/mol. The van der Waals surface area contributed by atoms with Crippen molar-refractivity contribution >= 4 is 29.6 Å². The van der Waals surface area contributed by atoms with Crippen LogP contribution in [0.15, 0.2) is 36.4 Å². The molecule has 49 heavy (non-hydrogen) atoms. The van der Waals surface area contributed by atoms with Gasteiger partial charge in [0.15, 0.2) is 0 Å². The number of halogens is 9. The van der Waals surface area contributed by atoms with Gasteiger partial charge in [-0.25, -0.2) is 13.6 Å². The van der Waals surface area contributed by atoms with Gasteiger partial charge in [0, 0.05) is 41.7 Å². The molecular formula is C30H33ClF8N2O8. The molecule has 2 aromatic rings. The summed E-state index contributed by atoms with van der Waals surface area (Å²) < 4.78 is 109. The zero-order chi connectivity index (χ0) is 37.5. The molecule has 0 aliphatic carbocycles. The molecule has 2 saturated heterocycles. The van der Waals surface area contributed by atoms with E-state index in [2.05, 4.69) is 21.1 Å². The minimum atomic E-state index is -4.99. The molecule has 274 valence electrons. The lowest BCUT2D eigenvalue weighted by Crippen LogP contribution is -2.49. The molecule has 4 unspecified atom stereocenters. The molecule has 0 bridgehead atoms. The number of hydrogen-bond donors (Lipinski definition) is 3. The van der Waals surface area contributed by atoms with Crippen molar-refractivity contribution in [2.24, 2.45) is 11.8 Å². The van der Waals surface area contributed by atoms with Gasteiger partial charge in [0.25, 0.3) is 0 Å². The minimum Gasteiger partial charge on any atom is -0.481 e. The minimum absolute atomic E-state index is 0.0784. The van der Waals surface area contributed by atoms with Gasteiger partial charge >= 0.3 is 30.8 Å². The molecule has 1 amide bonds. The second-order valence-electron chi connectivity index (χ2n) is 11.2. The number of amides is 1.